The summed E-state index contributed by atoms with van der Waals surface area (Å²) in [7, 11) is 0. The number of piperidine rings is 1. The van der Waals surface area contributed by atoms with Crippen LogP contribution in [0.4, 0.5) is 0 Å². The Bertz CT molecular complexity index is 201. The van der Waals surface area contributed by atoms with Gasteiger partial charge < -0.3 is 5.32 Å². The first-order valence-corrected chi connectivity index (χ1v) is 6.94. The Morgan fingerprint density at radius 2 is 2.12 bits per heavy atom. The third kappa shape index (κ3) is 4.06. The second-order valence-electron chi connectivity index (χ2n) is 6.20. The summed E-state index contributed by atoms with van der Waals surface area (Å²) in [5.74, 6) is 0.872. The van der Waals surface area contributed by atoms with Crippen LogP contribution >= 0.6 is 0 Å². The third-order valence-electron chi connectivity index (χ3n) is 4.01. The van der Waals surface area contributed by atoms with Crippen LogP contribution in [0.25, 0.3) is 0 Å². The Morgan fingerprint density at radius 3 is 2.69 bits per heavy atom. The lowest BCUT2D eigenvalue weighted by Gasteiger charge is -2.43. The smallest absolute Gasteiger partial charge is 0.0277 e. The zero-order chi connectivity index (χ0) is 12.2. The van der Waals surface area contributed by atoms with Crippen molar-refractivity contribution >= 4 is 0 Å². The molecule has 0 aliphatic carbocycles. The van der Waals surface area contributed by atoms with Gasteiger partial charge in [0.2, 0.25) is 0 Å². The minimum Gasteiger partial charge on any atom is -0.312 e. The molecule has 0 spiro atoms. The molecule has 2 heteroatoms. The molecule has 0 aromatic rings. The normalized spacial score (nSPS) is 25.7. The van der Waals surface area contributed by atoms with E-state index in [1.54, 1.807) is 0 Å². The van der Waals surface area contributed by atoms with Gasteiger partial charge in [0, 0.05) is 24.7 Å². The highest BCUT2D eigenvalue weighted by molar-refractivity contribution is 4.87. The molecule has 16 heavy (non-hydrogen) atoms. The van der Waals surface area contributed by atoms with E-state index in [9.17, 15) is 0 Å². The van der Waals surface area contributed by atoms with Crippen LogP contribution in [0.15, 0.2) is 0 Å². The van der Waals surface area contributed by atoms with Crippen molar-refractivity contribution in [3.8, 4) is 0 Å². The Morgan fingerprint density at radius 1 is 1.44 bits per heavy atom. The van der Waals surface area contributed by atoms with Crippen molar-refractivity contribution in [3.63, 3.8) is 0 Å². The van der Waals surface area contributed by atoms with Crippen molar-refractivity contribution in [1.82, 2.24) is 10.2 Å². The van der Waals surface area contributed by atoms with Gasteiger partial charge in [-0.25, -0.2) is 0 Å². The van der Waals surface area contributed by atoms with Gasteiger partial charge in [-0.15, -0.1) is 0 Å². The third-order valence-corrected chi connectivity index (χ3v) is 4.01. The Labute approximate surface area is 102 Å². The molecule has 1 N–H and O–H groups in total. The van der Waals surface area contributed by atoms with E-state index in [0.29, 0.717) is 11.6 Å². The van der Waals surface area contributed by atoms with Gasteiger partial charge in [-0.1, -0.05) is 13.8 Å². The summed E-state index contributed by atoms with van der Waals surface area (Å²) in [5, 5.41) is 3.64. The molecule has 0 aromatic carbocycles. The van der Waals surface area contributed by atoms with E-state index in [4.69, 9.17) is 0 Å². The van der Waals surface area contributed by atoms with Crippen LogP contribution in [0.1, 0.15) is 53.9 Å². The zero-order valence-electron chi connectivity index (χ0n) is 11.8. The van der Waals surface area contributed by atoms with Crippen molar-refractivity contribution in [2.24, 2.45) is 5.92 Å². The summed E-state index contributed by atoms with van der Waals surface area (Å²) in [6, 6.07) is 0.640. The summed E-state index contributed by atoms with van der Waals surface area (Å²) < 4.78 is 0. The van der Waals surface area contributed by atoms with Crippen LogP contribution in [0, 0.1) is 5.92 Å². The van der Waals surface area contributed by atoms with Gasteiger partial charge in [0.05, 0.1) is 0 Å². The molecule has 1 rings (SSSR count). The summed E-state index contributed by atoms with van der Waals surface area (Å²) >= 11 is 0. The maximum absolute atomic E-state index is 3.64. The quantitative estimate of drug-likeness (QED) is 0.775. The van der Waals surface area contributed by atoms with Gasteiger partial charge in [0.15, 0.2) is 0 Å². The SMILES string of the molecule is CCC(C)NCC(C)(C)N1CCCC(C)C1. The van der Waals surface area contributed by atoms with Crippen molar-refractivity contribution in [1.29, 1.82) is 0 Å². The van der Waals surface area contributed by atoms with Crippen molar-refractivity contribution < 1.29 is 0 Å². The van der Waals surface area contributed by atoms with Crippen molar-refractivity contribution in [3.05, 3.63) is 0 Å². The van der Waals surface area contributed by atoms with E-state index in [1.165, 1.54) is 32.4 Å². The van der Waals surface area contributed by atoms with E-state index < -0.39 is 0 Å². The van der Waals surface area contributed by atoms with Gasteiger partial charge in [-0.3, -0.25) is 4.90 Å². The fourth-order valence-corrected chi connectivity index (χ4v) is 2.42. The number of hydrogen-bond donors (Lipinski definition) is 1. The molecule has 1 heterocycles. The van der Waals surface area contributed by atoms with Gasteiger partial charge in [0.25, 0.3) is 0 Å². The van der Waals surface area contributed by atoms with Crippen LogP contribution in [0.5, 0.6) is 0 Å². The van der Waals surface area contributed by atoms with Gasteiger partial charge >= 0.3 is 0 Å². The second-order valence-corrected chi connectivity index (χ2v) is 6.20. The molecule has 0 amide bonds. The highest BCUT2D eigenvalue weighted by Gasteiger charge is 2.29. The Balaban J connectivity index is 2.42. The van der Waals surface area contributed by atoms with E-state index in [1.807, 2.05) is 0 Å². The topological polar surface area (TPSA) is 15.3 Å². The average Bonchev–Trinajstić information content (AvgIpc) is 2.26. The van der Waals surface area contributed by atoms with E-state index >= 15 is 0 Å². The van der Waals surface area contributed by atoms with Gasteiger partial charge in [-0.05, 0) is 52.5 Å². The second kappa shape index (κ2) is 6.02. The van der Waals surface area contributed by atoms with Crippen molar-refractivity contribution in [2.45, 2.75) is 65.5 Å². The lowest BCUT2D eigenvalue weighted by atomic mass is 9.93. The molecule has 1 aliphatic heterocycles. The predicted octanol–water partition coefficient (Wildman–Crippen LogP) is 2.89. The molecule has 0 radical (unpaired) electrons. The number of hydrogen-bond acceptors (Lipinski definition) is 2. The fourth-order valence-electron chi connectivity index (χ4n) is 2.42. The molecule has 2 atom stereocenters. The molecule has 0 aromatic heterocycles. The molecule has 96 valence electrons. The maximum atomic E-state index is 3.64. The summed E-state index contributed by atoms with van der Waals surface area (Å²) in [5.41, 5.74) is 0.304. The maximum Gasteiger partial charge on any atom is 0.0277 e. The van der Waals surface area contributed by atoms with Crippen LogP contribution in [0.2, 0.25) is 0 Å². The Kier molecular flexibility index (Phi) is 5.26. The van der Waals surface area contributed by atoms with E-state index in [2.05, 4.69) is 44.8 Å². The van der Waals surface area contributed by atoms with Crippen molar-refractivity contribution in [2.75, 3.05) is 19.6 Å². The van der Waals surface area contributed by atoms with Crippen LogP contribution < -0.4 is 5.32 Å². The van der Waals surface area contributed by atoms with Gasteiger partial charge in [0.1, 0.15) is 0 Å². The lowest BCUT2D eigenvalue weighted by Crippen LogP contribution is -2.54. The van der Waals surface area contributed by atoms with Gasteiger partial charge in [-0.2, -0.15) is 0 Å². The van der Waals surface area contributed by atoms with E-state index in [-0.39, 0.29) is 0 Å². The molecule has 2 nitrogen and oxygen atoms in total. The summed E-state index contributed by atoms with van der Waals surface area (Å²) in [6.07, 6.45) is 3.99. The lowest BCUT2D eigenvalue weighted by molar-refractivity contribution is 0.0690. The standard InChI is InChI=1S/C14H30N2/c1-6-13(3)15-11-14(4,5)16-9-7-8-12(2)10-16/h12-13,15H,6-11H2,1-5H3. The number of nitrogens with zero attached hydrogens (tertiary/aromatic N) is 1. The molecule has 1 saturated heterocycles. The Hall–Kier alpha value is -0.0800. The zero-order valence-corrected chi connectivity index (χ0v) is 11.8. The largest absolute Gasteiger partial charge is 0.312 e. The first kappa shape index (κ1) is 14.0. The highest BCUT2D eigenvalue weighted by atomic mass is 15.2. The summed E-state index contributed by atoms with van der Waals surface area (Å²) in [4.78, 5) is 2.66. The summed E-state index contributed by atoms with van der Waals surface area (Å²) in [6.45, 7) is 15.3. The van der Waals surface area contributed by atoms with Crippen LogP contribution in [-0.2, 0) is 0 Å². The average molecular weight is 226 g/mol. The fraction of sp³-hybridized carbons (Fsp3) is 1.00. The number of nitrogens with one attached hydrogen (secondary N) is 1. The molecule has 0 bridgehead atoms. The predicted molar refractivity (Wildman–Crippen MR) is 71.8 cm³/mol. The number of likely N-dealkylation sites (tertiary alicyclic amines) is 1. The van der Waals surface area contributed by atoms with Crippen LogP contribution in [-0.4, -0.2) is 36.1 Å². The first-order valence-electron chi connectivity index (χ1n) is 6.94. The monoisotopic (exact) mass is 226 g/mol. The number of rotatable bonds is 5. The minimum absolute atomic E-state index is 0.304. The van der Waals surface area contributed by atoms with E-state index in [0.717, 1.165) is 12.5 Å². The molecule has 1 aliphatic rings. The molecular weight excluding hydrogens is 196 g/mol. The molecule has 2 unspecified atom stereocenters. The minimum atomic E-state index is 0.304. The molecule has 1 fully saturated rings. The highest BCUT2D eigenvalue weighted by Crippen LogP contribution is 2.23. The molecule has 0 saturated carbocycles. The molecular formula is C14H30N2. The first-order chi connectivity index (χ1) is 7.45. The van der Waals surface area contributed by atoms with Crippen LogP contribution in [0.3, 0.4) is 0 Å².